The van der Waals surface area contributed by atoms with E-state index in [9.17, 15) is 4.79 Å². The molecule has 1 aromatic carbocycles. The molecule has 0 atom stereocenters. The fourth-order valence-corrected chi connectivity index (χ4v) is 2.53. The number of ether oxygens (including phenoxy) is 2. The highest BCUT2D eigenvalue weighted by Gasteiger charge is 2.31. The lowest BCUT2D eigenvalue weighted by Crippen LogP contribution is -2.32. The van der Waals surface area contributed by atoms with E-state index >= 15 is 0 Å². The van der Waals surface area contributed by atoms with Gasteiger partial charge < -0.3 is 9.47 Å². The van der Waals surface area contributed by atoms with Crippen molar-refractivity contribution in [2.45, 2.75) is 13.8 Å². The van der Waals surface area contributed by atoms with E-state index < -0.39 is 11.4 Å². The molecule has 0 N–H and O–H groups in total. The van der Waals surface area contributed by atoms with Gasteiger partial charge in [-0.3, -0.25) is 4.79 Å². The smallest absolute Gasteiger partial charge is 0.314 e. The summed E-state index contributed by atoms with van der Waals surface area (Å²) in [6, 6.07) is 0. The van der Waals surface area contributed by atoms with Crippen LogP contribution in [-0.4, -0.2) is 19.7 Å². The van der Waals surface area contributed by atoms with Gasteiger partial charge in [0, 0.05) is 0 Å². The molecule has 1 aromatic rings. The minimum absolute atomic E-state index is 0.0204. The van der Waals surface area contributed by atoms with E-state index in [0.29, 0.717) is 0 Å². The number of carbonyl (C=O) groups excluding carboxylic acids is 1. The Hall–Kier alpha value is -0.0600. The van der Waals surface area contributed by atoms with Gasteiger partial charge in [0.25, 0.3) is 0 Å². The van der Waals surface area contributed by atoms with E-state index in [2.05, 4.69) is 4.74 Å². The molecule has 0 heterocycles. The molecule has 0 unspecified atom stereocenters. The van der Waals surface area contributed by atoms with E-state index in [1.54, 1.807) is 13.8 Å². The Morgan fingerprint density at radius 1 is 0.950 bits per heavy atom. The predicted molar refractivity (Wildman–Crippen MR) is 82.8 cm³/mol. The van der Waals surface area contributed by atoms with Crippen molar-refractivity contribution in [2.24, 2.45) is 5.41 Å². The molecule has 0 aliphatic carbocycles. The van der Waals surface area contributed by atoms with E-state index in [-0.39, 0.29) is 37.5 Å². The second-order valence-electron chi connectivity index (χ2n) is 4.56. The molecule has 0 saturated heterocycles. The molecule has 0 amide bonds. The molecule has 8 heteroatoms. The summed E-state index contributed by atoms with van der Waals surface area (Å²) in [6.45, 7) is 3.28. The first-order valence-electron chi connectivity index (χ1n) is 5.36. The van der Waals surface area contributed by atoms with Crippen LogP contribution < -0.4 is 4.74 Å². The number of carbonyl (C=O) groups is 1. The van der Waals surface area contributed by atoms with Crippen LogP contribution in [0.5, 0.6) is 5.75 Å². The third kappa shape index (κ3) is 3.58. The van der Waals surface area contributed by atoms with Crippen LogP contribution in [0.3, 0.4) is 0 Å². The van der Waals surface area contributed by atoms with Crippen molar-refractivity contribution in [3.05, 3.63) is 25.1 Å². The van der Waals surface area contributed by atoms with Gasteiger partial charge in [-0.25, -0.2) is 0 Å². The van der Waals surface area contributed by atoms with Crippen LogP contribution in [0.25, 0.3) is 0 Å². The van der Waals surface area contributed by atoms with Gasteiger partial charge in [-0.1, -0.05) is 58.0 Å². The van der Waals surface area contributed by atoms with Crippen molar-refractivity contribution in [1.82, 2.24) is 0 Å². The Bertz CT molecular complexity index is 513. The van der Waals surface area contributed by atoms with E-state index in [4.69, 9.17) is 62.7 Å². The van der Waals surface area contributed by atoms with Crippen LogP contribution >= 0.6 is 58.0 Å². The molecule has 0 bridgehead atoms. The summed E-state index contributed by atoms with van der Waals surface area (Å²) in [5.41, 5.74) is -0.889. The monoisotopic (exact) mass is 378 g/mol. The molecule has 0 aromatic heterocycles. The first kappa shape index (κ1) is 18.0. The first-order valence-corrected chi connectivity index (χ1v) is 7.25. The Morgan fingerprint density at radius 2 is 1.35 bits per heavy atom. The minimum atomic E-state index is -0.889. The maximum Gasteiger partial charge on any atom is 0.314 e. The molecule has 1 rings (SSSR count). The number of halogens is 5. The highest BCUT2D eigenvalue weighted by atomic mass is 35.5. The zero-order valence-corrected chi connectivity index (χ0v) is 14.6. The van der Waals surface area contributed by atoms with Gasteiger partial charge in [0.1, 0.15) is 16.7 Å². The first-order chi connectivity index (χ1) is 9.13. The average molecular weight is 380 g/mol. The van der Waals surface area contributed by atoms with Crippen LogP contribution in [0.2, 0.25) is 25.1 Å². The predicted octanol–water partition coefficient (Wildman–Crippen LogP) is 5.53. The van der Waals surface area contributed by atoms with Gasteiger partial charge in [0.2, 0.25) is 0 Å². The Balaban J connectivity index is 3.09. The molecule has 3 nitrogen and oxygen atoms in total. The summed E-state index contributed by atoms with van der Waals surface area (Å²) in [5.74, 6) is -0.361. The zero-order valence-electron chi connectivity index (χ0n) is 10.8. The molecular formula is C12H11Cl5O3. The number of benzene rings is 1. The van der Waals surface area contributed by atoms with Gasteiger partial charge in [-0.05, 0) is 13.8 Å². The Morgan fingerprint density at radius 3 is 1.75 bits per heavy atom. The second kappa shape index (κ2) is 6.80. The van der Waals surface area contributed by atoms with Gasteiger partial charge in [-0.2, -0.15) is 0 Å². The SMILES string of the molecule is COC(=O)C(C)(C)COc1c(Cl)c(Cl)c(Cl)c(Cl)c1Cl. The maximum atomic E-state index is 11.6. The van der Waals surface area contributed by atoms with Crippen molar-refractivity contribution >= 4 is 64.0 Å². The number of esters is 1. The lowest BCUT2D eigenvalue weighted by atomic mass is 9.95. The fraction of sp³-hybridized carbons (Fsp3) is 0.417. The van der Waals surface area contributed by atoms with Crippen LogP contribution in [0, 0.1) is 5.41 Å². The normalized spacial score (nSPS) is 11.4. The number of hydrogen-bond acceptors (Lipinski definition) is 3. The quantitative estimate of drug-likeness (QED) is 0.391. The Labute approximate surface area is 142 Å². The van der Waals surface area contributed by atoms with Crippen LogP contribution in [0.1, 0.15) is 13.8 Å². The Kier molecular flexibility index (Phi) is 6.12. The minimum Gasteiger partial charge on any atom is -0.489 e. The molecule has 0 aliphatic rings. The number of hydrogen-bond donors (Lipinski definition) is 0. The summed E-state index contributed by atoms with van der Waals surface area (Å²) in [7, 11) is 1.29. The second-order valence-corrected chi connectivity index (χ2v) is 6.45. The molecule has 0 radical (unpaired) electrons. The third-order valence-corrected chi connectivity index (χ3v) is 4.73. The number of methoxy groups -OCH3 is 1. The van der Waals surface area contributed by atoms with E-state index in [0.717, 1.165) is 0 Å². The average Bonchev–Trinajstić information content (AvgIpc) is 2.41. The third-order valence-electron chi connectivity index (χ3n) is 2.48. The van der Waals surface area contributed by atoms with Crippen LogP contribution in [0.4, 0.5) is 0 Å². The van der Waals surface area contributed by atoms with Crippen molar-refractivity contribution < 1.29 is 14.3 Å². The maximum absolute atomic E-state index is 11.6. The van der Waals surface area contributed by atoms with Gasteiger partial charge in [-0.15, -0.1) is 0 Å². The van der Waals surface area contributed by atoms with Gasteiger partial charge in [0.05, 0.1) is 27.6 Å². The molecule has 20 heavy (non-hydrogen) atoms. The summed E-state index contributed by atoms with van der Waals surface area (Å²) >= 11 is 29.7. The van der Waals surface area contributed by atoms with Crippen LogP contribution in [-0.2, 0) is 9.53 Å². The van der Waals surface area contributed by atoms with Crippen LogP contribution in [0.15, 0.2) is 0 Å². The molecule has 0 aliphatic heterocycles. The van der Waals surface area contributed by atoms with Gasteiger partial charge >= 0.3 is 5.97 Å². The van der Waals surface area contributed by atoms with Crippen molar-refractivity contribution in [3.63, 3.8) is 0 Å². The highest BCUT2D eigenvalue weighted by Crippen LogP contribution is 2.48. The van der Waals surface area contributed by atoms with Crippen molar-refractivity contribution in [2.75, 3.05) is 13.7 Å². The summed E-state index contributed by atoms with van der Waals surface area (Å²) in [4.78, 5) is 11.6. The topological polar surface area (TPSA) is 35.5 Å². The largest absolute Gasteiger partial charge is 0.489 e. The van der Waals surface area contributed by atoms with E-state index in [1.807, 2.05) is 0 Å². The highest BCUT2D eigenvalue weighted by molar-refractivity contribution is 6.55. The number of rotatable bonds is 4. The summed E-state index contributed by atoms with van der Waals surface area (Å²) in [5, 5.41) is 0.184. The van der Waals surface area contributed by atoms with Crippen molar-refractivity contribution in [1.29, 1.82) is 0 Å². The molecule has 112 valence electrons. The molecule has 0 saturated carbocycles. The summed E-state index contributed by atoms with van der Waals surface area (Å²) < 4.78 is 10.2. The lowest BCUT2D eigenvalue weighted by molar-refractivity contribution is -0.152. The van der Waals surface area contributed by atoms with E-state index in [1.165, 1.54) is 7.11 Å². The fourth-order valence-electron chi connectivity index (χ4n) is 1.30. The summed E-state index contributed by atoms with van der Waals surface area (Å²) in [6.07, 6.45) is 0. The lowest BCUT2D eigenvalue weighted by Gasteiger charge is -2.23. The zero-order chi connectivity index (χ0) is 15.7. The standard InChI is InChI=1S/C12H11Cl5O3/c1-12(2,11(18)19-3)4-20-10-8(16)6(14)5(13)7(15)9(10)17/h4H2,1-3H3. The van der Waals surface area contributed by atoms with Crippen molar-refractivity contribution in [3.8, 4) is 5.75 Å². The molecule has 0 fully saturated rings. The molecule has 0 spiro atoms. The molecular weight excluding hydrogens is 369 g/mol. The van der Waals surface area contributed by atoms with Gasteiger partial charge in [0.15, 0.2) is 5.75 Å².